The standard InChI is InChI=1S/C11H6N2O3/c14-9-5-6-1-2-8-7(3-4-12-8)10(6)13(16)11(9)15/h1-5,13H. The average Bonchev–Trinajstić information content (AvgIpc) is 2.73. The molecular weight excluding hydrogens is 208 g/mol. The molecule has 2 aliphatic heterocycles. The first kappa shape index (κ1) is 9.14. The first-order valence-electron chi connectivity index (χ1n) is 4.70. The molecule has 1 aromatic carbocycles. The van der Waals surface area contributed by atoms with Crippen molar-refractivity contribution in [3.8, 4) is 0 Å². The van der Waals surface area contributed by atoms with E-state index in [4.69, 9.17) is 0 Å². The Labute approximate surface area is 89.6 Å². The summed E-state index contributed by atoms with van der Waals surface area (Å²) in [6, 6.07) is 3.36. The van der Waals surface area contributed by atoms with Crippen LogP contribution in [-0.2, 0) is 9.59 Å². The van der Waals surface area contributed by atoms with E-state index in [1.54, 1.807) is 24.4 Å². The van der Waals surface area contributed by atoms with Crippen molar-refractivity contribution in [2.45, 2.75) is 0 Å². The maximum absolute atomic E-state index is 11.7. The zero-order valence-corrected chi connectivity index (χ0v) is 8.06. The smallest absolute Gasteiger partial charge is 0.389 e. The number of hydroxylamine groups is 1. The van der Waals surface area contributed by atoms with Gasteiger partial charge in [0, 0.05) is 17.5 Å². The first-order valence-corrected chi connectivity index (χ1v) is 4.70. The molecule has 2 heterocycles. The lowest BCUT2D eigenvalue weighted by molar-refractivity contribution is -0.685. The van der Waals surface area contributed by atoms with Gasteiger partial charge in [-0.3, -0.25) is 14.9 Å². The molecule has 5 heteroatoms. The zero-order valence-electron chi connectivity index (χ0n) is 8.06. The highest BCUT2D eigenvalue weighted by molar-refractivity contribution is 6.45. The molecule has 78 valence electrons. The molecule has 1 N–H and O–H groups in total. The summed E-state index contributed by atoms with van der Waals surface area (Å²) in [6.45, 7) is 0. The van der Waals surface area contributed by atoms with Crippen LogP contribution in [0.1, 0.15) is 5.56 Å². The molecule has 0 saturated heterocycles. The molecule has 0 bridgehead atoms. The third-order valence-electron chi connectivity index (χ3n) is 2.65. The molecular formula is C11H6N2O3. The van der Waals surface area contributed by atoms with Gasteiger partial charge in [-0.1, -0.05) is 0 Å². The Hall–Kier alpha value is -2.11. The van der Waals surface area contributed by atoms with Gasteiger partial charge in [0.15, 0.2) is 5.69 Å². The van der Waals surface area contributed by atoms with Crippen LogP contribution in [0.3, 0.4) is 0 Å². The van der Waals surface area contributed by atoms with Crippen LogP contribution in [0.15, 0.2) is 23.3 Å². The maximum Gasteiger partial charge on any atom is 0.389 e. The summed E-state index contributed by atoms with van der Waals surface area (Å²) < 4.78 is 0. The van der Waals surface area contributed by atoms with Crippen LogP contribution < -0.4 is 15.6 Å². The van der Waals surface area contributed by atoms with Crippen molar-refractivity contribution in [1.82, 2.24) is 0 Å². The van der Waals surface area contributed by atoms with Crippen molar-refractivity contribution in [3.05, 3.63) is 39.7 Å². The molecule has 1 aromatic rings. The van der Waals surface area contributed by atoms with Crippen LogP contribution in [0.4, 0.5) is 5.69 Å². The van der Waals surface area contributed by atoms with E-state index >= 15 is 0 Å². The maximum atomic E-state index is 11.7. The summed E-state index contributed by atoms with van der Waals surface area (Å²) in [5.74, 6) is -1.72. The Morgan fingerprint density at radius 3 is 2.88 bits per heavy atom. The number of amides is 1. The molecule has 16 heavy (non-hydrogen) atoms. The minimum atomic E-state index is -0.971. The van der Waals surface area contributed by atoms with Gasteiger partial charge in [0.05, 0.1) is 10.9 Å². The predicted molar refractivity (Wildman–Crippen MR) is 54.7 cm³/mol. The van der Waals surface area contributed by atoms with E-state index in [1.807, 2.05) is 0 Å². The SMILES string of the molecule is O=C1C=c2ccc3c(c2[NH+]([O-])C1=O)C=CN=3. The lowest BCUT2D eigenvalue weighted by Crippen LogP contribution is -3.08. The van der Waals surface area contributed by atoms with Crippen molar-refractivity contribution in [1.29, 1.82) is 0 Å². The number of fused-ring (bicyclic) bond motifs is 3. The lowest BCUT2D eigenvalue weighted by atomic mass is 10.1. The molecule has 1 atom stereocenters. The Kier molecular flexibility index (Phi) is 1.68. The number of carbonyl (C=O) groups is 2. The molecule has 5 nitrogen and oxygen atoms in total. The number of ketones is 1. The van der Waals surface area contributed by atoms with Crippen LogP contribution in [0, 0.1) is 5.21 Å². The summed E-state index contributed by atoms with van der Waals surface area (Å²) in [5.41, 5.74) is 0.916. The highest BCUT2D eigenvalue weighted by Crippen LogP contribution is 2.08. The Bertz CT molecular complexity index is 673. The summed E-state index contributed by atoms with van der Waals surface area (Å²) in [6.07, 6.45) is 4.44. The second kappa shape index (κ2) is 2.94. The van der Waals surface area contributed by atoms with Crippen molar-refractivity contribution < 1.29 is 14.7 Å². The second-order valence-electron chi connectivity index (χ2n) is 3.57. The van der Waals surface area contributed by atoms with Gasteiger partial charge < -0.3 is 5.21 Å². The van der Waals surface area contributed by atoms with Crippen LogP contribution in [0.2, 0.25) is 0 Å². The molecule has 0 saturated carbocycles. The van der Waals surface area contributed by atoms with Crippen LogP contribution in [0.5, 0.6) is 0 Å². The number of nitrogens with zero attached hydrogens (tertiary/aromatic N) is 1. The highest BCUT2D eigenvalue weighted by atomic mass is 16.5. The number of rotatable bonds is 0. The van der Waals surface area contributed by atoms with Crippen molar-refractivity contribution in [2.75, 3.05) is 0 Å². The van der Waals surface area contributed by atoms with Crippen molar-refractivity contribution >= 4 is 29.5 Å². The van der Waals surface area contributed by atoms with Crippen LogP contribution in [-0.4, -0.2) is 11.7 Å². The van der Waals surface area contributed by atoms with E-state index in [0.717, 1.165) is 0 Å². The van der Waals surface area contributed by atoms with Gasteiger partial charge in [-0.25, -0.2) is 4.79 Å². The minimum Gasteiger partial charge on any atom is -0.621 e. The fraction of sp³-hybridized carbons (Fsp3) is 0. The third-order valence-corrected chi connectivity index (χ3v) is 2.65. The van der Waals surface area contributed by atoms with Crippen LogP contribution >= 0.6 is 0 Å². The third kappa shape index (κ3) is 1.04. The molecule has 0 fully saturated rings. The summed E-state index contributed by atoms with van der Waals surface area (Å²) >= 11 is 0. The monoisotopic (exact) mass is 214 g/mol. The predicted octanol–water partition coefficient (Wildman–Crippen LogP) is -1.81. The van der Waals surface area contributed by atoms with E-state index in [-0.39, 0.29) is 0 Å². The molecule has 1 amide bonds. The van der Waals surface area contributed by atoms with Gasteiger partial charge in [0.1, 0.15) is 0 Å². The molecule has 3 rings (SSSR count). The van der Waals surface area contributed by atoms with Gasteiger partial charge in [0.2, 0.25) is 0 Å². The van der Waals surface area contributed by atoms with E-state index in [9.17, 15) is 14.8 Å². The number of hydrogen-bond donors (Lipinski definition) is 1. The fourth-order valence-electron chi connectivity index (χ4n) is 1.90. The second-order valence-corrected chi connectivity index (χ2v) is 3.57. The molecule has 1 unspecified atom stereocenters. The quantitative estimate of drug-likeness (QED) is 0.409. The largest absolute Gasteiger partial charge is 0.621 e. The summed E-state index contributed by atoms with van der Waals surface area (Å²) in [5, 5.41) is 12.1. The number of quaternary nitrogens is 1. The summed E-state index contributed by atoms with van der Waals surface area (Å²) in [4.78, 5) is 26.5. The average molecular weight is 214 g/mol. The van der Waals surface area contributed by atoms with E-state index in [1.165, 1.54) is 6.08 Å². The number of Topliss-reactive ketones (excluding diaryl/α,β-unsaturated/α-hetero) is 1. The zero-order chi connectivity index (χ0) is 11.3. The number of nitrogens with one attached hydrogen (secondary N) is 1. The Morgan fingerprint density at radius 1 is 1.25 bits per heavy atom. The van der Waals surface area contributed by atoms with E-state index in [0.29, 0.717) is 21.8 Å². The van der Waals surface area contributed by atoms with Crippen molar-refractivity contribution in [3.63, 3.8) is 0 Å². The van der Waals surface area contributed by atoms with Gasteiger partial charge in [-0.2, -0.15) is 0 Å². The minimum absolute atomic E-state index is 0.291. The highest BCUT2D eigenvalue weighted by Gasteiger charge is 2.29. The molecule has 0 spiro atoms. The van der Waals surface area contributed by atoms with Gasteiger partial charge in [-0.05, 0) is 18.2 Å². The van der Waals surface area contributed by atoms with Gasteiger partial charge in [0.25, 0.3) is 5.78 Å². The molecule has 0 aromatic heterocycles. The van der Waals surface area contributed by atoms with Crippen LogP contribution in [0.25, 0.3) is 12.2 Å². The number of carbonyl (C=O) groups excluding carboxylic acids is 2. The normalized spacial score (nSPS) is 21.2. The van der Waals surface area contributed by atoms with Gasteiger partial charge >= 0.3 is 5.91 Å². The molecule has 0 radical (unpaired) electrons. The Balaban J connectivity index is 2.45. The lowest BCUT2D eigenvalue weighted by Gasteiger charge is -2.22. The number of benzene rings is 1. The number of hydrogen-bond acceptors (Lipinski definition) is 4. The topological polar surface area (TPSA) is 74.0 Å². The summed E-state index contributed by atoms with van der Waals surface area (Å²) in [7, 11) is 0. The van der Waals surface area contributed by atoms with E-state index < -0.39 is 16.8 Å². The molecule has 2 aliphatic rings. The first-order chi connectivity index (χ1) is 7.68. The van der Waals surface area contributed by atoms with Crippen molar-refractivity contribution in [2.24, 2.45) is 4.99 Å². The fourth-order valence-corrected chi connectivity index (χ4v) is 1.90. The van der Waals surface area contributed by atoms with Gasteiger partial charge in [-0.15, -0.1) is 0 Å². The van der Waals surface area contributed by atoms with E-state index in [2.05, 4.69) is 4.99 Å². The Morgan fingerprint density at radius 2 is 2.06 bits per heavy atom. The molecule has 0 aliphatic carbocycles.